The van der Waals surface area contributed by atoms with Gasteiger partial charge in [0.1, 0.15) is 17.6 Å². The van der Waals surface area contributed by atoms with Gasteiger partial charge in [-0.1, -0.05) is 0 Å². The molecule has 1 N–H and O–H groups in total. The lowest BCUT2D eigenvalue weighted by atomic mass is 10.2. The second-order valence-electron chi connectivity index (χ2n) is 4.59. The number of ether oxygens (including phenoxy) is 2. The first-order valence-corrected chi connectivity index (χ1v) is 6.38. The zero-order valence-corrected chi connectivity index (χ0v) is 11.5. The fraction of sp³-hybridized carbons (Fsp3) is 0.538. The Kier molecular flexibility index (Phi) is 4.62. The van der Waals surface area contributed by atoms with Gasteiger partial charge in [-0.15, -0.1) is 0 Å². The zero-order valence-electron chi connectivity index (χ0n) is 11.5. The fourth-order valence-electron chi connectivity index (χ4n) is 1.89. The number of rotatable bonds is 5. The average molecular weight is 282 g/mol. The summed E-state index contributed by atoms with van der Waals surface area (Å²) in [5.41, 5.74) is -0.437. The predicted molar refractivity (Wildman–Crippen MR) is 71.0 cm³/mol. The summed E-state index contributed by atoms with van der Waals surface area (Å²) < 4.78 is 15.3. The van der Waals surface area contributed by atoms with E-state index in [-0.39, 0.29) is 12.1 Å². The molecular formula is C13H18N2O5. The second kappa shape index (κ2) is 6.42. The van der Waals surface area contributed by atoms with Crippen molar-refractivity contribution in [1.29, 1.82) is 0 Å². The number of urea groups is 1. The van der Waals surface area contributed by atoms with Crippen LogP contribution in [0.2, 0.25) is 0 Å². The van der Waals surface area contributed by atoms with Crippen molar-refractivity contribution in [2.45, 2.75) is 13.0 Å². The molecule has 20 heavy (non-hydrogen) atoms. The number of carbonyl (C=O) groups is 1. The van der Waals surface area contributed by atoms with Crippen molar-refractivity contribution in [3.8, 4) is 5.75 Å². The van der Waals surface area contributed by atoms with Crippen molar-refractivity contribution >= 4 is 6.03 Å². The molecule has 0 radical (unpaired) electrons. The van der Waals surface area contributed by atoms with Gasteiger partial charge in [-0.3, -0.25) is 0 Å². The molecule has 0 unspecified atom stereocenters. The Morgan fingerprint density at radius 3 is 2.90 bits per heavy atom. The molecule has 0 spiro atoms. The minimum atomic E-state index is -0.437. The van der Waals surface area contributed by atoms with Gasteiger partial charge in [0.05, 0.1) is 25.8 Å². The van der Waals surface area contributed by atoms with Crippen LogP contribution in [-0.2, 0) is 4.74 Å². The van der Waals surface area contributed by atoms with Gasteiger partial charge in [-0.05, 0) is 6.92 Å². The van der Waals surface area contributed by atoms with Gasteiger partial charge in [0.25, 0.3) is 0 Å². The molecule has 1 aromatic rings. The number of methoxy groups -OCH3 is 1. The van der Waals surface area contributed by atoms with Crippen LogP contribution >= 0.6 is 0 Å². The molecule has 1 saturated heterocycles. The summed E-state index contributed by atoms with van der Waals surface area (Å²) in [6, 6.07) is 2.82. The van der Waals surface area contributed by atoms with E-state index in [1.165, 1.54) is 6.07 Å². The van der Waals surface area contributed by atoms with Gasteiger partial charge >= 0.3 is 11.7 Å². The van der Waals surface area contributed by atoms with Crippen molar-refractivity contribution in [3.05, 3.63) is 28.3 Å². The van der Waals surface area contributed by atoms with Gasteiger partial charge < -0.3 is 24.1 Å². The maximum atomic E-state index is 11.6. The first kappa shape index (κ1) is 14.4. The Morgan fingerprint density at radius 1 is 1.50 bits per heavy atom. The summed E-state index contributed by atoms with van der Waals surface area (Å²) >= 11 is 0. The van der Waals surface area contributed by atoms with Gasteiger partial charge in [0.15, 0.2) is 0 Å². The van der Waals surface area contributed by atoms with E-state index in [2.05, 4.69) is 5.32 Å². The van der Waals surface area contributed by atoms with Gasteiger partial charge in [0.2, 0.25) is 0 Å². The van der Waals surface area contributed by atoms with Gasteiger partial charge in [-0.2, -0.15) is 0 Å². The molecule has 1 aliphatic heterocycles. The number of nitrogens with one attached hydrogen (secondary N) is 1. The third-order valence-corrected chi connectivity index (χ3v) is 2.89. The largest absolute Gasteiger partial charge is 0.486 e. The fourth-order valence-corrected chi connectivity index (χ4v) is 1.89. The van der Waals surface area contributed by atoms with Crippen LogP contribution in [0, 0.1) is 6.92 Å². The minimum Gasteiger partial charge on any atom is -0.486 e. The molecule has 1 fully saturated rings. The van der Waals surface area contributed by atoms with Crippen molar-refractivity contribution in [2.75, 3.05) is 33.4 Å². The molecule has 0 atom stereocenters. The Hall–Kier alpha value is -2.02. The summed E-state index contributed by atoms with van der Waals surface area (Å²) in [6.45, 7) is 3.65. The number of amides is 2. The third-order valence-electron chi connectivity index (χ3n) is 2.89. The predicted octanol–water partition coefficient (Wildman–Crippen LogP) is 0.367. The molecule has 7 nitrogen and oxygen atoms in total. The van der Waals surface area contributed by atoms with Crippen molar-refractivity contribution in [3.63, 3.8) is 0 Å². The van der Waals surface area contributed by atoms with E-state index in [9.17, 15) is 9.59 Å². The molecule has 2 rings (SSSR count). The van der Waals surface area contributed by atoms with Crippen LogP contribution < -0.4 is 15.7 Å². The van der Waals surface area contributed by atoms with E-state index < -0.39 is 5.63 Å². The van der Waals surface area contributed by atoms with E-state index >= 15 is 0 Å². The standard InChI is InChI=1S/C13H18N2O5/c1-9-5-10(6-12(16)19-9)20-11-7-15(8-11)13(17)14-3-4-18-2/h5-6,11H,3-4,7-8H2,1-2H3,(H,14,17). The molecule has 7 heteroatoms. The van der Waals surface area contributed by atoms with Crippen molar-refractivity contribution < 1.29 is 18.7 Å². The number of hydrogen-bond acceptors (Lipinski definition) is 5. The van der Waals surface area contributed by atoms with Crippen LogP contribution in [0.3, 0.4) is 0 Å². The summed E-state index contributed by atoms with van der Waals surface area (Å²) in [5, 5.41) is 2.73. The van der Waals surface area contributed by atoms with E-state index in [0.29, 0.717) is 37.8 Å². The Labute approximate surface area is 116 Å². The lowest BCUT2D eigenvalue weighted by Gasteiger charge is -2.38. The van der Waals surface area contributed by atoms with Crippen LogP contribution in [0.5, 0.6) is 5.75 Å². The quantitative estimate of drug-likeness (QED) is 0.789. The van der Waals surface area contributed by atoms with Gasteiger partial charge in [0, 0.05) is 19.7 Å². The van der Waals surface area contributed by atoms with E-state index in [4.69, 9.17) is 13.9 Å². The molecule has 1 aliphatic rings. The SMILES string of the molecule is COCCNC(=O)N1CC(Oc2cc(C)oc(=O)c2)C1. The maximum Gasteiger partial charge on any atom is 0.339 e. The van der Waals surface area contributed by atoms with Crippen molar-refractivity contribution in [1.82, 2.24) is 10.2 Å². The highest BCUT2D eigenvalue weighted by Gasteiger charge is 2.32. The Morgan fingerprint density at radius 2 is 2.25 bits per heavy atom. The average Bonchev–Trinajstić information content (AvgIpc) is 2.32. The van der Waals surface area contributed by atoms with Gasteiger partial charge in [-0.25, -0.2) is 9.59 Å². The smallest absolute Gasteiger partial charge is 0.339 e. The third kappa shape index (κ3) is 3.74. The normalized spacial score (nSPS) is 14.8. The van der Waals surface area contributed by atoms with Crippen LogP contribution in [0.4, 0.5) is 4.79 Å². The zero-order chi connectivity index (χ0) is 14.5. The van der Waals surface area contributed by atoms with Crippen molar-refractivity contribution in [2.24, 2.45) is 0 Å². The Bertz CT molecular complexity index is 522. The monoisotopic (exact) mass is 282 g/mol. The molecule has 0 saturated carbocycles. The molecule has 1 aromatic heterocycles. The molecule has 2 amide bonds. The molecule has 0 bridgehead atoms. The van der Waals surface area contributed by atoms with Crippen LogP contribution in [-0.4, -0.2) is 50.4 Å². The number of aryl methyl sites for hydroxylation is 1. The first-order valence-electron chi connectivity index (χ1n) is 6.38. The van der Waals surface area contributed by atoms with E-state index in [1.807, 2.05) is 0 Å². The van der Waals surface area contributed by atoms with E-state index in [1.54, 1.807) is 25.0 Å². The maximum absolute atomic E-state index is 11.6. The molecule has 0 aromatic carbocycles. The summed E-state index contributed by atoms with van der Waals surface area (Å²) in [7, 11) is 1.58. The number of likely N-dealkylation sites (tertiary alicyclic amines) is 1. The Balaban J connectivity index is 1.76. The lowest BCUT2D eigenvalue weighted by Crippen LogP contribution is -2.59. The lowest BCUT2D eigenvalue weighted by molar-refractivity contribution is 0.0433. The summed E-state index contributed by atoms with van der Waals surface area (Å²) in [6.07, 6.45) is -0.0932. The minimum absolute atomic E-state index is 0.0932. The number of carbonyl (C=O) groups excluding carboxylic acids is 1. The highest BCUT2D eigenvalue weighted by atomic mass is 16.5. The highest BCUT2D eigenvalue weighted by molar-refractivity contribution is 5.75. The number of nitrogens with zero attached hydrogens (tertiary/aromatic N) is 1. The second-order valence-corrected chi connectivity index (χ2v) is 4.59. The first-order chi connectivity index (χ1) is 9.58. The van der Waals surface area contributed by atoms with Crippen LogP contribution in [0.25, 0.3) is 0 Å². The van der Waals surface area contributed by atoms with Crippen LogP contribution in [0.15, 0.2) is 21.3 Å². The highest BCUT2D eigenvalue weighted by Crippen LogP contribution is 2.17. The van der Waals surface area contributed by atoms with E-state index in [0.717, 1.165) is 0 Å². The molecule has 0 aliphatic carbocycles. The number of hydrogen-bond donors (Lipinski definition) is 1. The summed E-state index contributed by atoms with van der Waals surface area (Å²) in [4.78, 5) is 24.5. The summed E-state index contributed by atoms with van der Waals surface area (Å²) in [5.74, 6) is 0.976. The molecular weight excluding hydrogens is 264 g/mol. The topological polar surface area (TPSA) is 81.0 Å². The molecule has 110 valence electrons. The van der Waals surface area contributed by atoms with Crippen LogP contribution in [0.1, 0.15) is 5.76 Å². The molecule has 2 heterocycles.